The third kappa shape index (κ3) is 7.32. The van der Waals surface area contributed by atoms with Crippen molar-refractivity contribution in [3.05, 3.63) is 53.3 Å². The molecule has 2 aliphatic heterocycles. The standard InChI is InChI=1S/C30H47N5O3Si/c1-23-18-24-20-35(21-25(24)19-32-23)29(36)31-13-12-26(38-39(6,7)30(2,3)4)22-33-14-16-34(17-15-33)27-10-8-9-11-28(27)37-5/h8-11,18-19,26H,12-17,20-22H2,1-7H3,(H,31,36)/t26-/m1/s1. The number of pyridine rings is 1. The Labute approximate surface area is 235 Å². The van der Waals surface area contributed by atoms with E-state index >= 15 is 0 Å². The number of carbonyl (C=O) groups is 1. The van der Waals surface area contributed by atoms with E-state index in [-0.39, 0.29) is 17.2 Å². The number of para-hydroxylation sites is 2. The zero-order valence-electron chi connectivity index (χ0n) is 24.9. The smallest absolute Gasteiger partial charge is 0.318 e. The first-order valence-corrected chi connectivity index (χ1v) is 17.1. The van der Waals surface area contributed by atoms with Crippen LogP contribution in [0.15, 0.2) is 36.5 Å². The molecule has 1 aromatic heterocycles. The molecule has 2 amide bonds. The molecule has 0 spiro atoms. The van der Waals surface area contributed by atoms with Crippen molar-refractivity contribution in [3.63, 3.8) is 0 Å². The molecule has 3 heterocycles. The van der Waals surface area contributed by atoms with Crippen LogP contribution < -0.4 is 15.0 Å². The number of hydrogen-bond donors (Lipinski definition) is 1. The summed E-state index contributed by atoms with van der Waals surface area (Å²) in [4.78, 5) is 24.1. The van der Waals surface area contributed by atoms with Crippen LogP contribution in [0, 0.1) is 6.92 Å². The summed E-state index contributed by atoms with van der Waals surface area (Å²) in [6.07, 6.45) is 2.77. The van der Waals surface area contributed by atoms with Crippen molar-refractivity contribution >= 4 is 20.0 Å². The van der Waals surface area contributed by atoms with Gasteiger partial charge in [-0.1, -0.05) is 32.9 Å². The van der Waals surface area contributed by atoms with Crippen LogP contribution >= 0.6 is 0 Å². The SMILES string of the molecule is COc1ccccc1N1CCN(C[C@@H](CCNC(=O)N2Cc3cnc(C)cc3C2)O[Si](C)(C)C(C)(C)C)CC1. The van der Waals surface area contributed by atoms with Gasteiger partial charge in [0, 0.05) is 64.2 Å². The number of aromatic nitrogens is 1. The van der Waals surface area contributed by atoms with Crippen LogP contribution in [0.2, 0.25) is 18.1 Å². The third-order valence-corrected chi connectivity index (χ3v) is 13.0. The van der Waals surface area contributed by atoms with E-state index in [4.69, 9.17) is 9.16 Å². The highest BCUT2D eigenvalue weighted by atomic mass is 28.4. The number of amides is 2. The molecule has 9 heteroatoms. The average molecular weight is 554 g/mol. The number of carbonyl (C=O) groups excluding carboxylic acids is 1. The number of nitrogens with one attached hydrogen (secondary N) is 1. The largest absolute Gasteiger partial charge is 0.495 e. The average Bonchev–Trinajstić information content (AvgIpc) is 3.31. The predicted molar refractivity (Wildman–Crippen MR) is 160 cm³/mol. The van der Waals surface area contributed by atoms with Crippen molar-refractivity contribution in [2.45, 2.75) is 71.4 Å². The minimum atomic E-state index is -1.97. The van der Waals surface area contributed by atoms with E-state index in [1.54, 1.807) is 7.11 Å². The fourth-order valence-corrected chi connectivity index (χ4v) is 6.51. The maximum Gasteiger partial charge on any atom is 0.318 e. The monoisotopic (exact) mass is 553 g/mol. The molecule has 1 fully saturated rings. The van der Waals surface area contributed by atoms with Crippen LogP contribution in [0.1, 0.15) is 44.0 Å². The Morgan fingerprint density at radius 1 is 1.10 bits per heavy atom. The lowest BCUT2D eigenvalue weighted by Crippen LogP contribution is -2.52. The first-order chi connectivity index (χ1) is 18.5. The quantitative estimate of drug-likeness (QED) is 0.440. The lowest BCUT2D eigenvalue weighted by molar-refractivity contribution is 0.108. The molecule has 1 atom stereocenters. The zero-order chi connectivity index (χ0) is 28.2. The molecule has 4 rings (SSSR count). The first-order valence-electron chi connectivity index (χ1n) is 14.2. The van der Waals surface area contributed by atoms with Crippen molar-refractivity contribution in [1.82, 2.24) is 20.1 Å². The summed E-state index contributed by atoms with van der Waals surface area (Å²) in [5, 5.41) is 3.30. The molecule has 0 saturated carbocycles. The predicted octanol–water partition coefficient (Wildman–Crippen LogP) is 5.03. The summed E-state index contributed by atoms with van der Waals surface area (Å²) in [5.74, 6) is 0.924. The number of nitrogens with zero attached hydrogens (tertiary/aromatic N) is 4. The van der Waals surface area contributed by atoms with Gasteiger partial charge >= 0.3 is 6.03 Å². The normalized spacial score (nSPS) is 17.2. The molecule has 0 aliphatic carbocycles. The van der Waals surface area contributed by atoms with Crippen molar-refractivity contribution in [1.29, 1.82) is 0 Å². The lowest BCUT2D eigenvalue weighted by atomic mass is 10.2. The Hall–Kier alpha value is -2.62. The second-order valence-electron chi connectivity index (χ2n) is 12.4. The van der Waals surface area contributed by atoms with Crippen LogP contribution in [0.4, 0.5) is 10.5 Å². The number of aryl methyl sites for hydroxylation is 1. The fourth-order valence-electron chi connectivity index (χ4n) is 5.13. The molecule has 39 heavy (non-hydrogen) atoms. The molecule has 8 nitrogen and oxygen atoms in total. The van der Waals surface area contributed by atoms with Gasteiger partial charge in [0.05, 0.1) is 18.9 Å². The lowest BCUT2D eigenvalue weighted by Gasteiger charge is -2.42. The van der Waals surface area contributed by atoms with Crippen molar-refractivity contribution in [3.8, 4) is 5.75 Å². The summed E-state index contributed by atoms with van der Waals surface area (Å²) in [6, 6.07) is 10.3. The van der Waals surface area contributed by atoms with Crippen LogP contribution in [0.5, 0.6) is 5.75 Å². The topological polar surface area (TPSA) is 70.2 Å². The highest BCUT2D eigenvalue weighted by Gasteiger charge is 2.39. The van der Waals surface area contributed by atoms with Gasteiger partial charge in [0.25, 0.3) is 0 Å². The third-order valence-electron chi connectivity index (χ3n) is 8.50. The van der Waals surface area contributed by atoms with Crippen molar-refractivity contribution < 1.29 is 14.0 Å². The van der Waals surface area contributed by atoms with E-state index < -0.39 is 8.32 Å². The molecular weight excluding hydrogens is 506 g/mol. The highest BCUT2D eigenvalue weighted by molar-refractivity contribution is 6.74. The number of hydrogen-bond acceptors (Lipinski definition) is 6. The molecular formula is C30H47N5O3Si. The van der Waals surface area contributed by atoms with Crippen LogP contribution in [-0.4, -0.2) is 81.6 Å². The number of urea groups is 1. The van der Waals surface area contributed by atoms with Gasteiger partial charge in [-0.25, -0.2) is 4.79 Å². The number of anilines is 1. The van der Waals surface area contributed by atoms with Gasteiger partial charge in [0.1, 0.15) is 5.75 Å². The Balaban J connectivity index is 1.32. The molecule has 1 saturated heterocycles. The van der Waals surface area contributed by atoms with Gasteiger partial charge in [-0.05, 0) is 60.8 Å². The summed E-state index contributed by atoms with van der Waals surface area (Å²) in [5.41, 5.74) is 4.49. The molecule has 2 aromatic rings. The maximum absolute atomic E-state index is 13.0. The van der Waals surface area contributed by atoms with Crippen molar-refractivity contribution in [2.24, 2.45) is 0 Å². The second-order valence-corrected chi connectivity index (χ2v) is 17.2. The van der Waals surface area contributed by atoms with Gasteiger partial charge in [0.2, 0.25) is 0 Å². The number of fused-ring (bicyclic) bond motifs is 1. The Morgan fingerprint density at radius 3 is 2.49 bits per heavy atom. The summed E-state index contributed by atoms with van der Waals surface area (Å²) < 4.78 is 12.5. The number of piperazine rings is 1. The molecule has 214 valence electrons. The Kier molecular flexibility index (Phi) is 9.24. The van der Waals surface area contributed by atoms with Crippen molar-refractivity contribution in [2.75, 3.05) is 51.3 Å². The van der Waals surface area contributed by atoms with Crippen LogP contribution in [-0.2, 0) is 17.5 Å². The maximum atomic E-state index is 13.0. The van der Waals surface area contributed by atoms with E-state index in [2.05, 4.69) is 72.2 Å². The minimum absolute atomic E-state index is 0.0136. The van der Waals surface area contributed by atoms with E-state index in [0.717, 1.165) is 61.8 Å². The Bertz CT molecular complexity index is 1130. The highest BCUT2D eigenvalue weighted by Crippen LogP contribution is 2.38. The van der Waals surface area contributed by atoms with E-state index in [1.807, 2.05) is 30.2 Å². The van der Waals surface area contributed by atoms with Gasteiger partial charge in [-0.3, -0.25) is 9.88 Å². The van der Waals surface area contributed by atoms with Gasteiger partial charge in [0.15, 0.2) is 8.32 Å². The molecule has 0 bridgehead atoms. The first kappa shape index (κ1) is 29.4. The van der Waals surface area contributed by atoms with Crippen LogP contribution in [0.25, 0.3) is 0 Å². The molecule has 0 unspecified atom stereocenters. The molecule has 0 radical (unpaired) electrons. The van der Waals surface area contributed by atoms with Gasteiger partial charge in [-0.15, -0.1) is 0 Å². The number of ether oxygens (including phenoxy) is 1. The summed E-state index contributed by atoms with van der Waals surface area (Å²) in [6.45, 7) is 20.1. The summed E-state index contributed by atoms with van der Waals surface area (Å²) in [7, 11) is -0.232. The van der Waals surface area contributed by atoms with E-state index in [9.17, 15) is 4.79 Å². The Morgan fingerprint density at radius 2 is 1.79 bits per heavy atom. The molecule has 1 aromatic carbocycles. The number of rotatable bonds is 9. The van der Waals surface area contributed by atoms with Gasteiger partial charge in [-0.2, -0.15) is 0 Å². The summed E-state index contributed by atoms with van der Waals surface area (Å²) >= 11 is 0. The van der Waals surface area contributed by atoms with E-state index in [1.165, 1.54) is 5.56 Å². The molecule has 1 N–H and O–H groups in total. The second kappa shape index (κ2) is 12.3. The van der Waals surface area contributed by atoms with Crippen LogP contribution in [0.3, 0.4) is 0 Å². The molecule has 2 aliphatic rings. The number of methoxy groups -OCH3 is 1. The fraction of sp³-hybridized carbons (Fsp3) is 0.600. The minimum Gasteiger partial charge on any atom is -0.495 e. The number of benzene rings is 1. The zero-order valence-corrected chi connectivity index (χ0v) is 25.9. The van der Waals surface area contributed by atoms with Gasteiger partial charge < -0.3 is 24.3 Å². The van der Waals surface area contributed by atoms with E-state index in [0.29, 0.717) is 19.6 Å².